The fraction of sp³-hybridized carbons (Fsp3) is 0.571. The van der Waals surface area contributed by atoms with Crippen molar-refractivity contribution in [2.75, 3.05) is 13.2 Å². The quantitative estimate of drug-likeness (QED) is 0.156. The van der Waals surface area contributed by atoms with Gasteiger partial charge in [-0.2, -0.15) is 0 Å². The molecular weight excluding hydrogens is 451 g/mol. The molecule has 1 fully saturated rings. The number of ether oxygens (including phenoxy) is 2. The number of thiocarbonyl (C=S) groups is 3. The Balaban J connectivity index is 1.76. The number of isothiocyanates is 3. The van der Waals surface area contributed by atoms with Crippen LogP contribution in [0.3, 0.4) is 0 Å². The van der Waals surface area contributed by atoms with Crippen molar-refractivity contribution in [2.45, 2.75) is 63.5 Å². The lowest BCUT2D eigenvalue weighted by molar-refractivity contribution is 0.0250. The van der Waals surface area contributed by atoms with Gasteiger partial charge in [-0.1, -0.05) is 19.1 Å². The number of rotatable bonds is 12. The summed E-state index contributed by atoms with van der Waals surface area (Å²) in [6.45, 7) is 3.50. The van der Waals surface area contributed by atoms with E-state index in [1.807, 2.05) is 0 Å². The lowest BCUT2D eigenvalue weighted by Gasteiger charge is -2.29. The largest absolute Gasteiger partial charge is 0.494 e. The molecule has 0 atom stereocenters. The van der Waals surface area contributed by atoms with Gasteiger partial charge in [0.25, 0.3) is 0 Å². The van der Waals surface area contributed by atoms with Crippen LogP contribution in [0.1, 0.15) is 56.9 Å². The zero-order chi connectivity index (χ0) is 21.7. The number of hydrogen-bond acceptors (Lipinski definition) is 8. The van der Waals surface area contributed by atoms with Crippen LogP contribution in [0.4, 0.5) is 0 Å². The molecule has 0 unspecified atom stereocenters. The van der Waals surface area contributed by atoms with E-state index in [2.05, 4.69) is 60.6 Å². The first-order valence-electron chi connectivity index (χ1n) is 10.3. The Morgan fingerprint density at radius 3 is 2.07 bits per heavy atom. The monoisotopic (exact) mass is 477 g/mol. The second kappa shape index (κ2) is 13.8. The smallest absolute Gasteiger partial charge is 0.461 e. The topological polar surface area (TPSA) is 55.5 Å². The Kier molecular flexibility index (Phi) is 11.4. The minimum atomic E-state index is -2.81. The third-order valence-electron chi connectivity index (χ3n) is 5.18. The van der Waals surface area contributed by atoms with E-state index in [1.54, 1.807) is 0 Å². The van der Waals surface area contributed by atoms with Gasteiger partial charge in [0.05, 0.1) is 28.2 Å². The van der Waals surface area contributed by atoms with Gasteiger partial charge >= 0.3 is 8.56 Å². The van der Waals surface area contributed by atoms with E-state index in [9.17, 15) is 0 Å². The summed E-state index contributed by atoms with van der Waals surface area (Å²) < 4.78 is 24.2. The molecular formula is C21H27N3O2S3Si. The number of benzene rings is 1. The molecule has 5 nitrogen and oxygen atoms in total. The molecule has 0 N–H and O–H groups in total. The Labute approximate surface area is 196 Å². The highest BCUT2D eigenvalue weighted by atomic mass is 32.1. The molecule has 30 heavy (non-hydrogen) atoms. The van der Waals surface area contributed by atoms with Gasteiger partial charge in [-0.15, -0.1) is 0 Å². The summed E-state index contributed by atoms with van der Waals surface area (Å²) in [7, 11) is -2.81. The van der Waals surface area contributed by atoms with Gasteiger partial charge in [0, 0.05) is 12.7 Å². The molecule has 0 heterocycles. The van der Waals surface area contributed by atoms with Crippen LogP contribution in [0.2, 0.25) is 6.04 Å². The van der Waals surface area contributed by atoms with E-state index in [0.29, 0.717) is 24.7 Å². The van der Waals surface area contributed by atoms with Crippen molar-refractivity contribution in [3.63, 3.8) is 0 Å². The Morgan fingerprint density at radius 1 is 0.933 bits per heavy atom. The first kappa shape index (κ1) is 24.9. The first-order chi connectivity index (χ1) is 14.7. The van der Waals surface area contributed by atoms with Crippen LogP contribution in [0.5, 0.6) is 5.75 Å². The minimum Gasteiger partial charge on any atom is -0.494 e. The maximum atomic E-state index is 6.10. The van der Waals surface area contributed by atoms with Gasteiger partial charge < -0.3 is 9.47 Å². The summed E-state index contributed by atoms with van der Waals surface area (Å²) in [6.07, 6.45) is 6.48. The third kappa shape index (κ3) is 8.03. The molecule has 2 rings (SSSR count). The highest BCUT2D eigenvalue weighted by Crippen LogP contribution is 2.34. The Bertz CT molecular complexity index is 764. The maximum Gasteiger partial charge on any atom is 0.461 e. The van der Waals surface area contributed by atoms with Crippen molar-refractivity contribution in [1.29, 1.82) is 0 Å². The second-order valence-electron chi connectivity index (χ2n) is 7.25. The number of hydrogen-bond donors (Lipinski definition) is 0. The molecule has 160 valence electrons. The van der Waals surface area contributed by atoms with Crippen LogP contribution in [-0.2, 0) is 4.74 Å². The standard InChI is InChI=1S/C21H27N3O2S3Si/c1-2-12-25-20-8-4-18(5-9-20)19-6-10-21(11-7-19)26-13-3-14-30(22-15-27,23-16-28)24-17-29/h4-5,8-9,19,21H,2-3,6-7,10-14H2,1H3/t19-,21-. The van der Waals surface area contributed by atoms with Crippen LogP contribution < -0.4 is 4.74 Å². The Hall–Kier alpha value is -1.40. The Morgan fingerprint density at radius 2 is 1.53 bits per heavy atom. The maximum absolute atomic E-state index is 6.10. The molecule has 9 heteroatoms. The zero-order valence-electron chi connectivity index (χ0n) is 17.2. The highest BCUT2D eigenvalue weighted by Gasteiger charge is 2.34. The fourth-order valence-corrected chi connectivity index (χ4v) is 6.50. The van der Waals surface area contributed by atoms with Crippen LogP contribution in [-0.4, -0.2) is 43.4 Å². The predicted octanol–water partition coefficient (Wildman–Crippen LogP) is 6.16. The molecule has 0 spiro atoms. The molecule has 1 aliphatic rings. The molecule has 1 aromatic carbocycles. The normalized spacial score (nSPS) is 20.0. The van der Waals surface area contributed by atoms with Crippen LogP contribution in [0.15, 0.2) is 38.2 Å². The lowest BCUT2D eigenvalue weighted by atomic mass is 9.83. The van der Waals surface area contributed by atoms with Crippen LogP contribution in [0.25, 0.3) is 0 Å². The summed E-state index contributed by atoms with van der Waals surface area (Å²) in [6, 6.07) is 9.16. The van der Waals surface area contributed by atoms with Gasteiger partial charge in [0.2, 0.25) is 0 Å². The zero-order valence-corrected chi connectivity index (χ0v) is 20.7. The fourth-order valence-electron chi connectivity index (χ4n) is 3.64. The summed E-state index contributed by atoms with van der Waals surface area (Å²) in [5.74, 6) is 1.54. The van der Waals surface area contributed by atoms with Crippen molar-refractivity contribution in [1.82, 2.24) is 0 Å². The first-order valence-corrected chi connectivity index (χ1v) is 13.5. The van der Waals surface area contributed by atoms with Gasteiger partial charge in [-0.3, -0.25) is 0 Å². The van der Waals surface area contributed by atoms with Crippen molar-refractivity contribution < 1.29 is 9.47 Å². The average Bonchev–Trinajstić information content (AvgIpc) is 2.77. The van der Waals surface area contributed by atoms with E-state index in [4.69, 9.17) is 46.1 Å². The van der Waals surface area contributed by atoms with Gasteiger partial charge in [-0.05, 0) is 98.8 Å². The van der Waals surface area contributed by atoms with E-state index < -0.39 is 8.56 Å². The van der Waals surface area contributed by atoms with Crippen molar-refractivity contribution >= 4 is 60.7 Å². The van der Waals surface area contributed by atoms with Gasteiger partial charge in [-0.25, -0.2) is 14.0 Å². The van der Waals surface area contributed by atoms with Crippen LogP contribution >= 0.6 is 36.7 Å². The molecule has 1 aromatic rings. The van der Waals surface area contributed by atoms with E-state index in [0.717, 1.165) is 50.9 Å². The molecule has 0 bridgehead atoms. The molecule has 0 aliphatic heterocycles. The summed E-state index contributed by atoms with van der Waals surface area (Å²) in [5.41, 5.74) is 1.39. The van der Waals surface area contributed by atoms with Crippen LogP contribution in [0, 0.1) is 0 Å². The molecule has 1 saturated carbocycles. The molecule has 0 saturated heterocycles. The second-order valence-corrected chi connectivity index (χ2v) is 10.5. The lowest BCUT2D eigenvalue weighted by Crippen LogP contribution is -2.28. The highest BCUT2D eigenvalue weighted by molar-refractivity contribution is 7.78. The number of nitrogens with zero attached hydrogens (tertiary/aromatic N) is 3. The third-order valence-corrected chi connectivity index (χ3v) is 8.38. The average molecular weight is 478 g/mol. The van der Waals surface area contributed by atoms with Gasteiger partial charge in [0.15, 0.2) is 0 Å². The molecule has 0 amide bonds. The molecule has 0 radical (unpaired) electrons. The summed E-state index contributed by atoms with van der Waals surface area (Å²) in [4.78, 5) is 0. The SMILES string of the molecule is CCCOc1ccc([C@H]2CC[C@H](OCCC[Si](N=C=S)(N=C=S)N=C=S)CC2)cc1. The van der Waals surface area contributed by atoms with Crippen molar-refractivity contribution in [3.8, 4) is 5.75 Å². The summed E-state index contributed by atoms with van der Waals surface area (Å²) in [5, 5.41) is 7.09. The minimum absolute atomic E-state index is 0.293. The van der Waals surface area contributed by atoms with Crippen molar-refractivity contribution in [3.05, 3.63) is 29.8 Å². The molecule has 0 aromatic heterocycles. The molecule has 1 aliphatic carbocycles. The van der Waals surface area contributed by atoms with E-state index in [-0.39, 0.29) is 0 Å². The van der Waals surface area contributed by atoms with E-state index in [1.165, 1.54) is 5.56 Å². The van der Waals surface area contributed by atoms with E-state index >= 15 is 0 Å². The summed E-state index contributed by atoms with van der Waals surface area (Å²) >= 11 is 14.2. The van der Waals surface area contributed by atoms with Crippen molar-refractivity contribution in [2.24, 2.45) is 14.0 Å². The van der Waals surface area contributed by atoms with Gasteiger partial charge in [0.1, 0.15) is 5.75 Å². The predicted molar refractivity (Wildman–Crippen MR) is 133 cm³/mol.